The fourth-order valence-corrected chi connectivity index (χ4v) is 3.07. The Bertz CT molecular complexity index is 1070. The van der Waals surface area contributed by atoms with Gasteiger partial charge in [-0.1, -0.05) is 54.1 Å². The minimum atomic E-state index is -0.972. The molecule has 0 aromatic heterocycles. The number of rotatable bonds is 6. The van der Waals surface area contributed by atoms with Crippen molar-refractivity contribution in [1.82, 2.24) is 0 Å². The summed E-state index contributed by atoms with van der Waals surface area (Å²) in [6, 6.07) is 18.6. The van der Waals surface area contributed by atoms with Crippen LogP contribution in [0.5, 0.6) is 5.75 Å². The number of amides is 1. The number of anilines is 1. The molecule has 0 spiro atoms. The van der Waals surface area contributed by atoms with Gasteiger partial charge in [-0.15, -0.1) is 0 Å². The van der Waals surface area contributed by atoms with Crippen LogP contribution >= 0.6 is 11.6 Å². The molecule has 0 bridgehead atoms. The van der Waals surface area contributed by atoms with Gasteiger partial charge in [-0.05, 0) is 47.5 Å². The maximum absolute atomic E-state index is 12.3. The van der Waals surface area contributed by atoms with Crippen LogP contribution in [0.25, 0.3) is 16.8 Å². The molecule has 0 aliphatic carbocycles. The third-order valence-electron chi connectivity index (χ3n) is 4.30. The lowest BCUT2D eigenvalue weighted by Gasteiger charge is -2.13. The lowest BCUT2D eigenvalue weighted by Crippen LogP contribution is -2.29. The van der Waals surface area contributed by atoms with Crippen molar-refractivity contribution >= 4 is 46.0 Å². The predicted octanol–water partition coefficient (Wildman–Crippen LogP) is 5.09. The highest BCUT2D eigenvalue weighted by molar-refractivity contribution is 6.32. The minimum Gasteiger partial charge on any atom is -0.495 e. The zero-order valence-corrected chi connectivity index (χ0v) is 16.8. The van der Waals surface area contributed by atoms with Gasteiger partial charge in [-0.2, -0.15) is 0 Å². The number of carbonyl (C=O) groups is 2. The molecule has 3 aromatic carbocycles. The molecule has 0 heterocycles. The number of hydrogen-bond donors (Lipinski definition) is 1. The van der Waals surface area contributed by atoms with E-state index >= 15 is 0 Å². The van der Waals surface area contributed by atoms with Crippen molar-refractivity contribution in [3.05, 3.63) is 77.3 Å². The summed E-state index contributed by atoms with van der Waals surface area (Å²) in [4.78, 5) is 24.4. The summed E-state index contributed by atoms with van der Waals surface area (Å²) in [6.45, 7) is 1.50. The van der Waals surface area contributed by atoms with Gasteiger partial charge in [0, 0.05) is 11.8 Å². The Kier molecular flexibility index (Phi) is 6.52. The van der Waals surface area contributed by atoms with Crippen LogP contribution in [-0.2, 0) is 14.3 Å². The second-order valence-electron chi connectivity index (χ2n) is 6.32. The molecule has 0 unspecified atom stereocenters. The summed E-state index contributed by atoms with van der Waals surface area (Å²) < 4.78 is 10.3. The minimum absolute atomic E-state index is 0.368. The zero-order valence-electron chi connectivity index (χ0n) is 16.0. The third-order valence-corrected chi connectivity index (χ3v) is 4.60. The fraction of sp³-hybridized carbons (Fsp3) is 0.130. The second-order valence-corrected chi connectivity index (χ2v) is 6.73. The molecule has 0 aliphatic rings. The highest BCUT2D eigenvalue weighted by Crippen LogP contribution is 2.27. The summed E-state index contributed by atoms with van der Waals surface area (Å²) in [5.41, 5.74) is 1.38. The molecule has 3 aromatic rings. The quantitative estimate of drug-likeness (QED) is 0.455. The van der Waals surface area contributed by atoms with Gasteiger partial charge in [0.1, 0.15) is 5.75 Å². The van der Waals surface area contributed by atoms with Crippen LogP contribution in [-0.4, -0.2) is 25.1 Å². The standard InChI is InChI=1S/C23H20ClNO4/c1-15(23(27)25-18-11-12-21(28-2)20(24)14-18)29-22(26)13-10-17-8-5-7-16-6-3-4-9-19(16)17/h3-15H,1-2H3,(H,25,27)/b13-10+/t15-/m1/s1. The van der Waals surface area contributed by atoms with Crippen LogP contribution in [0.2, 0.25) is 5.02 Å². The van der Waals surface area contributed by atoms with Crippen molar-refractivity contribution < 1.29 is 19.1 Å². The van der Waals surface area contributed by atoms with E-state index in [9.17, 15) is 9.59 Å². The lowest BCUT2D eigenvalue weighted by atomic mass is 10.0. The molecular formula is C23H20ClNO4. The molecule has 148 valence electrons. The average Bonchev–Trinajstić information content (AvgIpc) is 2.72. The largest absolute Gasteiger partial charge is 0.495 e. The van der Waals surface area contributed by atoms with Gasteiger partial charge in [0.15, 0.2) is 6.10 Å². The highest BCUT2D eigenvalue weighted by Gasteiger charge is 2.17. The van der Waals surface area contributed by atoms with E-state index in [1.165, 1.54) is 20.1 Å². The number of fused-ring (bicyclic) bond motifs is 1. The van der Waals surface area contributed by atoms with Gasteiger partial charge in [-0.3, -0.25) is 4.79 Å². The van der Waals surface area contributed by atoms with Crippen LogP contribution < -0.4 is 10.1 Å². The maximum atomic E-state index is 12.3. The van der Waals surface area contributed by atoms with E-state index in [1.54, 1.807) is 24.3 Å². The Balaban J connectivity index is 1.61. The van der Waals surface area contributed by atoms with E-state index in [-0.39, 0.29) is 0 Å². The molecule has 0 radical (unpaired) electrons. The van der Waals surface area contributed by atoms with Crippen LogP contribution in [0.1, 0.15) is 12.5 Å². The number of halogens is 1. The summed E-state index contributed by atoms with van der Waals surface area (Å²) in [5.74, 6) is -0.561. The first kappa shape index (κ1) is 20.4. The van der Waals surface area contributed by atoms with Crippen LogP contribution in [0.3, 0.4) is 0 Å². The number of hydrogen-bond acceptors (Lipinski definition) is 4. The van der Waals surface area contributed by atoms with Gasteiger partial charge in [0.2, 0.25) is 0 Å². The zero-order chi connectivity index (χ0) is 20.8. The first-order valence-corrected chi connectivity index (χ1v) is 9.36. The van der Waals surface area contributed by atoms with Crippen molar-refractivity contribution in [2.75, 3.05) is 12.4 Å². The average molecular weight is 410 g/mol. The first-order chi connectivity index (χ1) is 14.0. The number of carbonyl (C=O) groups excluding carboxylic acids is 2. The Morgan fingerprint density at radius 1 is 1.07 bits per heavy atom. The van der Waals surface area contributed by atoms with Gasteiger partial charge >= 0.3 is 5.97 Å². The Labute approximate surface area is 173 Å². The van der Waals surface area contributed by atoms with Crippen molar-refractivity contribution in [2.24, 2.45) is 0 Å². The van der Waals surface area contributed by atoms with E-state index < -0.39 is 18.0 Å². The van der Waals surface area contributed by atoms with Crippen LogP contribution in [0, 0.1) is 0 Å². The molecular weight excluding hydrogens is 390 g/mol. The monoisotopic (exact) mass is 409 g/mol. The number of nitrogens with one attached hydrogen (secondary N) is 1. The first-order valence-electron chi connectivity index (χ1n) is 8.99. The predicted molar refractivity (Wildman–Crippen MR) is 115 cm³/mol. The molecule has 0 fully saturated rings. The van der Waals surface area contributed by atoms with E-state index in [0.717, 1.165) is 16.3 Å². The fourth-order valence-electron chi connectivity index (χ4n) is 2.81. The molecule has 29 heavy (non-hydrogen) atoms. The number of ether oxygens (including phenoxy) is 2. The topological polar surface area (TPSA) is 64.6 Å². The van der Waals surface area contributed by atoms with Crippen LogP contribution in [0.15, 0.2) is 66.7 Å². The van der Waals surface area contributed by atoms with Crippen molar-refractivity contribution in [1.29, 1.82) is 0 Å². The molecule has 6 heteroatoms. The smallest absolute Gasteiger partial charge is 0.331 e. The molecule has 0 saturated carbocycles. The summed E-state index contributed by atoms with van der Waals surface area (Å²) in [7, 11) is 1.51. The van der Waals surface area contributed by atoms with E-state index in [1.807, 2.05) is 42.5 Å². The molecule has 3 rings (SSSR count). The van der Waals surface area contributed by atoms with Crippen molar-refractivity contribution in [2.45, 2.75) is 13.0 Å². The molecule has 0 saturated heterocycles. The van der Waals surface area contributed by atoms with E-state index in [0.29, 0.717) is 16.5 Å². The summed E-state index contributed by atoms with van der Waals surface area (Å²) in [6.07, 6.45) is 2.02. The Morgan fingerprint density at radius 2 is 1.83 bits per heavy atom. The molecule has 1 atom stereocenters. The Morgan fingerprint density at radius 3 is 2.59 bits per heavy atom. The van der Waals surface area contributed by atoms with Gasteiger partial charge in [0.25, 0.3) is 5.91 Å². The number of methoxy groups -OCH3 is 1. The van der Waals surface area contributed by atoms with Gasteiger partial charge in [-0.25, -0.2) is 4.79 Å². The SMILES string of the molecule is COc1ccc(NC(=O)[C@@H](C)OC(=O)/C=C/c2cccc3ccccc23)cc1Cl. The summed E-state index contributed by atoms with van der Waals surface area (Å²) in [5, 5.41) is 5.13. The molecule has 5 nitrogen and oxygen atoms in total. The van der Waals surface area contributed by atoms with E-state index in [4.69, 9.17) is 21.1 Å². The molecule has 1 amide bonds. The van der Waals surface area contributed by atoms with Gasteiger partial charge < -0.3 is 14.8 Å². The van der Waals surface area contributed by atoms with Crippen molar-refractivity contribution in [3.63, 3.8) is 0 Å². The summed E-state index contributed by atoms with van der Waals surface area (Å²) >= 11 is 6.05. The van der Waals surface area contributed by atoms with Crippen LogP contribution in [0.4, 0.5) is 5.69 Å². The maximum Gasteiger partial charge on any atom is 0.331 e. The lowest BCUT2D eigenvalue weighted by molar-refractivity contribution is -0.148. The normalized spacial score (nSPS) is 12.0. The van der Waals surface area contributed by atoms with E-state index in [2.05, 4.69) is 5.32 Å². The third kappa shape index (κ3) is 5.15. The van der Waals surface area contributed by atoms with Gasteiger partial charge in [0.05, 0.1) is 12.1 Å². The number of benzene rings is 3. The van der Waals surface area contributed by atoms with Crippen molar-refractivity contribution in [3.8, 4) is 5.75 Å². The second kappa shape index (κ2) is 9.26. The highest BCUT2D eigenvalue weighted by atomic mass is 35.5. The number of esters is 1. The molecule has 1 N–H and O–H groups in total. The Hall–Kier alpha value is -3.31. The molecule has 0 aliphatic heterocycles.